The van der Waals surface area contributed by atoms with Gasteiger partial charge in [0, 0.05) is 13.5 Å². The van der Waals surface area contributed by atoms with E-state index in [0.717, 1.165) is 23.3 Å². The zero-order valence-corrected chi connectivity index (χ0v) is 12.6. The molecule has 0 fully saturated rings. The predicted molar refractivity (Wildman–Crippen MR) is 83.7 cm³/mol. The van der Waals surface area contributed by atoms with Crippen LogP contribution in [0.3, 0.4) is 0 Å². The summed E-state index contributed by atoms with van der Waals surface area (Å²) in [7, 11) is 3.35. The van der Waals surface area contributed by atoms with Crippen LogP contribution in [0.4, 0.5) is 0 Å². The first-order chi connectivity index (χ1) is 10.2. The van der Waals surface area contributed by atoms with E-state index in [2.05, 4.69) is 0 Å². The second-order valence-corrected chi connectivity index (χ2v) is 5.06. The second kappa shape index (κ2) is 7.81. The molecule has 0 aliphatic heterocycles. The number of benzene rings is 2. The highest BCUT2D eigenvalue weighted by Gasteiger charge is 2.09. The molecule has 1 unspecified atom stereocenters. The highest BCUT2D eigenvalue weighted by atomic mass is 16.5. The lowest BCUT2D eigenvalue weighted by Gasteiger charge is -2.12. The van der Waals surface area contributed by atoms with Gasteiger partial charge >= 0.3 is 0 Å². The summed E-state index contributed by atoms with van der Waals surface area (Å²) in [5, 5.41) is 10.3. The Hall–Kier alpha value is -1.84. The van der Waals surface area contributed by atoms with Gasteiger partial charge in [-0.1, -0.05) is 36.4 Å². The molecule has 0 saturated heterocycles. The molecular formula is C18H22O3. The van der Waals surface area contributed by atoms with Gasteiger partial charge in [0.25, 0.3) is 0 Å². The number of hydrogen-bond acceptors (Lipinski definition) is 3. The molecule has 0 heterocycles. The van der Waals surface area contributed by atoms with Crippen molar-refractivity contribution in [2.24, 2.45) is 0 Å². The van der Waals surface area contributed by atoms with Gasteiger partial charge in [0.1, 0.15) is 5.75 Å². The highest BCUT2D eigenvalue weighted by molar-refractivity contribution is 5.31. The van der Waals surface area contributed by atoms with E-state index in [-0.39, 0.29) is 0 Å². The first-order valence-electron chi connectivity index (χ1n) is 7.11. The summed E-state index contributed by atoms with van der Waals surface area (Å²) in [6.45, 7) is 0.714. The maximum Gasteiger partial charge on any atom is 0.119 e. The van der Waals surface area contributed by atoms with Gasteiger partial charge in [-0.15, -0.1) is 0 Å². The van der Waals surface area contributed by atoms with E-state index in [4.69, 9.17) is 9.47 Å². The fraction of sp³-hybridized carbons (Fsp3) is 0.333. The molecule has 3 nitrogen and oxygen atoms in total. The molecule has 0 aromatic heterocycles. The van der Waals surface area contributed by atoms with Crippen LogP contribution >= 0.6 is 0 Å². The van der Waals surface area contributed by atoms with Crippen LogP contribution in [0.15, 0.2) is 48.5 Å². The second-order valence-electron chi connectivity index (χ2n) is 5.06. The van der Waals surface area contributed by atoms with E-state index >= 15 is 0 Å². The van der Waals surface area contributed by atoms with Gasteiger partial charge in [-0.25, -0.2) is 0 Å². The Balaban J connectivity index is 2.00. The van der Waals surface area contributed by atoms with Crippen molar-refractivity contribution in [3.05, 3.63) is 65.2 Å². The molecule has 2 rings (SSSR count). The monoisotopic (exact) mass is 286 g/mol. The molecule has 0 bridgehead atoms. The van der Waals surface area contributed by atoms with Crippen molar-refractivity contribution in [2.45, 2.75) is 18.9 Å². The minimum Gasteiger partial charge on any atom is -0.497 e. The molecule has 21 heavy (non-hydrogen) atoms. The topological polar surface area (TPSA) is 38.7 Å². The standard InChI is InChI=1S/C18H22O3/c1-20-11-10-14-6-8-16(9-7-14)18(19)13-15-4-3-5-17(12-15)21-2/h3-9,12,18-19H,10-11,13H2,1-2H3. The quantitative estimate of drug-likeness (QED) is 0.849. The van der Waals surface area contributed by atoms with Gasteiger partial charge in [0.05, 0.1) is 19.8 Å². The van der Waals surface area contributed by atoms with E-state index < -0.39 is 6.10 Å². The molecule has 2 aromatic carbocycles. The van der Waals surface area contributed by atoms with E-state index in [1.807, 2.05) is 48.5 Å². The van der Waals surface area contributed by atoms with E-state index in [0.29, 0.717) is 13.0 Å². The molecular weight excluding hydrogens is 264 g/mol. The lowest BCUT2D eigenvalue weighted by Crippen LogP contribution is -2.02. The Morgan fingerprint density at radius 2 is 1.76 bits per heavy atom. The largest absolute Gasteiger partial charge is 0.497 e. The summed E-state index contributed by atoms with van der Waals surface area (Å²) in [5.74, 6) is 0.814. The van der Waals surface area contributed by atoms with Crippen LogP contribution in [0.25, 0.3) is 0 Å². The Bertz CT molecular complexity index is 549. The molecule has 0 aliphatic rings. The molecule has 1 atom stereocenters. The summed E-state index contributed by atoms with van der Waals surface area (Å²) in [5.41, 5.74) is 3.21. The van der Waals surface area contributed by atoms with E-state index in [9.17, 15) is 5.11 Å². The molecule has 0 saturated carbocycles. The van der Waals surface area contributed by atoms with Crippen molar-refractivity contribution in [1.82, 2.24) is 0 Å². The van der Waals surface area contributed by atoms with Gasteiger partial charge in [0.15, 0.2) is 0 Å². The van der Waals surface area contributed by atoms with Crippen molar-refractivity contribution in [1.29, 1.82) is 0 Å². The summed E-state index contributed by atoms with van der Waals surface area (Å²) < 4.78 is 10.3. The van der Waals surface area contributed by atoms with Gasteiger partial charge < -0.3 is 14.6 Å². The zero-order chi connectivity index (χ0) is 15.1. The third-order valence-electron chi connectivity index (χ3n) is 3.52. The first kappa shape index (κ1) is 15.5. The van der Waals surface area contributed by atoms with Crippen LogP contribution in [0, 0.1) is 0 Å². The molecule has 0 radical (unpaired) electrons. The molecule has 2 aromatic rings. The van der Waals surface area contributed by atoms with Gasteiger partial charge in [-0.2, -0.15) is 0 Å². The SMILES string of the molecule is COCCc1ccc(C(O)Cc2cccc(OC)c2)cc1. The summed E-state index contributed by atoms with van der Waals surface area (Å²) in [6, 6.07) is 15.8. The maximum atomic E-state index is 10.3. The van der Waals surface area contributed by atoms with Crippen LogP contribution in [0.2, 0.25) is 0 Å². The molecule has 0 aliphatic carbocycles. The average Bonchev–Trinajstić information content (AvgIpc) is 2.53. The number of hydrogen-bond donors (Lipinski definition) is 1. The Morgan fingerprint density at radius 1 is 1.00 bits per heavy atom. The van der Waals surface area contributed by atoms with E-state index in [1.54, 1.807) is 14.2 Å². The zero-order valence-electron chi connectivity index (χ0n) is 12.6. The maximum absolute atomic E-state index is 10.3. The minimum absolute atomic E-state index is 0.506. The highest BCUT2D eigenvalue weighted by Crippen LogP contribution is 2.21. The Labute approximate surface area is 126 Å². The molecule has 0 amide bonds. The Kier molecular flexibility index (Phi) is 5.78. The van der Waals surface area contributed by atoms with Crippen LogP contribution in [-0.2, 0) is 17.6 Å². The fourth-order valence-corrected chi connectivity index (χ4v) is 2.27. The van der Waals surface area contributed by atoms with Crippen LogP contribution in [0.5, 0.6) is 5.75 Å². The number of rotatable bonds is 7. The summed E-state index contributed by atoms with van der Waals surface area (Å²) >= 11 is 0. The smallest absolute Gasteiger partial charge is 0.119 e. The minimum atomic E-state index is -0.506. The van der Waals surface area contributed by atoms with Crippen molar-refractivity contribution >= 4 is 0 Å². The average molecular weight is 286 g/mol. The number of aliphatic hydroxyl groups is 1. The fourth-order valence-electron chi connectivity index (χ4n) is 2.27. The predicted octanol–water partition coefficient (Wildman–Crippen LogP) is 3.16. The molecule has 1 N–H and O–H groups in total. The number of aliphatic hydroxyl groups excluding tert-OH is 1. The molecule has 112 valence electrons. The van der Waals surface area contributed by atoms with Crippen LogP contribution in [0.1, 0.15) is 22.8 Å². The van der Waals surface area contributed by atoms with Crippen molar-refractivity contribution in [3.8, 4) is 5.75 Å². The van der Waals surface area contributed by atoms with Crippen molar-refractivity contribution in [2.75, 3.05) is 20.8 Å². The van der Waals surface area contributed by atoms with Crippen molar-refractivity contribution < 1.29 is 14.6 Å². The lowest BCUT2D eigenvalue weighted by atomic mass is 10.00. The van der Waals surface area contributed by atoms with Crippen molar-refractivity contribution in [3.63, 3.8) is 0 Å². The normalized spacial score (nSPS) is 12.1. The van der Waals surface area contributed by atoms with Crippen LogP contribution in [-0.4, -0.2) is 25.9 Å². The molecule has 0 spiro atoms. The van der Waals surface area contributed by atoms with Gasteiger partial charge in [-0.05, 0) is 35.2 Å². The van der Waals surface area contributed by atoms with E-state index in [1.165, 1.54) is 5.56 Å². The summed E-state index contributed by atoms with van der Waals surface area (Å²) in [6.07, 6.45) is 0.964. The van der Waals surface area contributed by atoms with Gasteiger partial charge in [-0.3, -0.25) is 0 Å². The summed E-state index contributed by atoms with van der Waals surface area (Å²) in [4.78, 5) is 0. The lowest BCUT2D eigenvalue weighted by molar-refractivity contribution is 0.178. The van der Waals surface area contributed by atoms with Crippen LogP contribution < -0.4 is 4.74 Å². The third kappa shape index (κ3) is 4.59. The number of methoxy groups -OCH3 is 2. The van der Waals surface area contributed by atoms with Gasteiger partial charge in [0.2, 0.25) is 0 Å². The number of ether oxygens (including phenoxy) is 2. The molecule has 3 heteroatoms. The third-order valence-corrected chi connectivity index (χ3v) is 3.52. The first-order valence-corrected chi connectivity index (χ1v) is 7.11. The Morgan fingerprint density at radius 3 is 2.43 bits per heavy atom.